The molecule has 1 spiro atoms. The van der Waals surface area contributed by atoms with Crippen LogP contribution in [0, 0.1) is 12.3 Å². The summed E-state index contributed by atoms with van der Waals surface area (Å²) >= 11 is 0. The van der Waals surface area contributed by atoms with Gasteiger partial charge in [0, 0.05) is 31.8 Å². The second-order valence-electron chi connectivity index (χ2n) is 8.33. The van der Waals surface area contributed by atoms with Crippen molar-refractivity contribution in [2.45, 2.75) is 26.4 Å². The molecule has 4 heterocycles. The van der Waals surface area contributed by atoms with Gasteiger partial charge in [-0.1, -0.05) is 29.8 Å². The Kier molecular flexibility index (Phi) is 4.35. The van der Waals surface area contributed by atoms with Crippen molar-refractivity contribution >= 4 is 5.82 Å². The normalized spacial score (nSPS) is 18.4. The van der Waals surface area contributed by atoms with Gasteiger partial charge >= 0.3 is 0 Å². The summed E-state index contributed by atoms with van der Waals surface area (Å²) in [5.41, 5.74) is 4.02. The highest BCUT2D eigenvalue weighted by atomic mass is 19.1. The third-order valence-electron chi connectivity index (χ3n) is 5.67. The Morgan fingerprint density at radius 3 is 2.52 bits per heavy atom. The number of rotatable bonds is 5. The highest BCUT2D eigenvalue weighted by Gasteiger charge is 2.49. The van der Waals surface area contributed by atoms with E-state index in [0.29, 0.717) is 23.5 Å². The maximum atomic E-state index is 13.6. The first-order valence-electron chi connectivity index (χ1n) is 9.96. The van der Waals surface area contributed by atoms with Crippen molar-refractivity contribution in [3.8, 4) is 5.95 Å². The maximum Gasteiger partial charge on any atom is 0.252 e. The van der Waals surface area contributed by atoms with E-state index in [4.69, 9.17) is 14.7 Å². The summed E-state index contributed by atoms with van der Waals surface area (Å²) < 4.78 is 20.6. The summed E-state index contributed by atoms with van der Waals surface area (Å²) in [6.07, 6.45) is 1.30. The largest absolute Gasteiger partial charge is 0.380 e. The highest BCUT2D eigenvalue weighted by Crippen LogP contribution is 2.39. The van der Waals surface area contributed by atoms with Gasteiger partial charge in [-0.15, -0.1) is 0 Å². The Bertz CT molecular complexity index is 1020. The molecule has 6 nitrogen and oxygen atoms in total. The van der Waals surface area contributed by atoms with E-state index < -0.39 is 6.17 Å². The first-order chi connectivity index (χ1) is 14.0. The quantitative estimate of drug-likeness (QED) is 0.665. The van der Waals surface area contributed by atoms with Gasteiger partial charge in [-0.2, -0.15) is 10.1 Å². The maximum absolute atomic E-state index is 13.6. The molecule has 2 aromatic heterocycles. The molecule has 0 saturated carbocycles. The lowest BCUT2D eigenvalue weighted by atomic mass is 9.78. The van der Waals surface area contributed by atoms with Gasteiger partial charge in [0.25, 0.3) is 5.95 Å². The van der Waals surface area contributed by atoms with Gasteiger partial charge in [-0.3, -0.25) is 0 Å². The van der Waals surface area contributed by atoms with Gasteiger partial charge < -0.3 is 9.64 Å². The van der Waals surface area contributed by atoms with Crippen LogP contribution in [-0.4, -0.2) is 46.1 Å². The van der Waals surface area contributed by atoms with Gasteiger partial charge in [0.05, 0.1) is 30.0 Å². The molecular formula is C22H24FN5O. The number of ether oxygens (including phenoxy) is 1. The zero-order chi connectivity index (χ0) is 20.0. The average molecular weight is 393 g/mol. The molecule has 1 atom stereocenters. The van der Waals surface area contributed by atoms with E-state index >= 15 is 0 Å². The van der Waals surface area contributed by atoms with Crippen LogP contribution in [0.4, 0.5) is 10.2 Å². The van der Waals surface area contributed by atoms with Crippen LogP contribution in [0.3, 0.4) is 0 Å². The molecule has 2 aliphatic heterocycles. The Hall–Kier alpha value is -2.80. The van der Waals surface area contributed by atoms with Crippen LogP contribution in [-0.2, 0) is 11.2 Å². The fourth-order valence-corrected chi connectivity index (χ4v) is 3.90. The van der Waals surface area contributed by atoms with E-state index in [9.17, 15) is 4.39 Å². The second-order valence-corrected chi connectivity index (χ2v) is 8.33. The number of aromatic nitrogens is 4. The molecule has 0 radical (unpaired) electrons. The van der Waals surface area contributed by atoms with E-state index in [-0.39, 0.29) is 0 Å². The molecule has 7 heteroatoms. The van der Waals surface area contributed by atoms with Crippen LogP contribution < -0.4 is 4.90 Å². The summed E-state index contributed by atoms with van der Waals surface area (Å²) in [5, 5.41) is 4.32. The van der Waals surface area contributed by atoms with Gasteiger partial charge in [-0.25, -0.2) is 14.1 Å². The van der Waals surface area contributed by atoms with Crippen LogP contribution in [0.1, 0.15) is 35.6 Å². The number of anilines is 1. The van der Waals surface area contributed by atoms with Crippen molar-refractivity contribution in [1.29, 1.82) is 0 Å². The van der Waals surface area contributed by atoms with Crippen molar-refractivity contribution in [3.05, 3.63) is 65.1 Å². The Morgan fingerprint density at radius 2 is 1.90 bits per heavy atom. The minimum atomic E-state index is -1.12. The predicted octanol–water partition coefficient (Wildman–Crippen LogP) is 3.43. The van der Waals surface area contributed by atoms with Crippen molar-refractivity contribution in [2.75, 3.05) is 31.2 Å². The molecule has 29 heavy (non-hydrogen) atoms. The molecular weight excluding hydrogens is 369 g/mol. The molecule has 2 aliphatic rings. The number of hydrogen-bond acceptors (Lipinski definition) is 5. The minimum Gasteiger partial charge on any atom is -0.380 e. The number of hydrogen-bond donors (Lipinski definition) is 0. The van der Waals surface area contributed by atoms with E-state index in [1.807, 2.05) is 0 Å². The lowest BCUT2D eigenvalue weighted by molar-refractivity contribution is -0.127. The fourth-order valence-electron chi connectivity index (χ4n) is 3.90. The van der Waals surface area contributed by atoms with Crippen molar-refractivity contribution in [2.24, 2.45) is 5.41 Å². The van der Waals surface area contributed by atoms with Crippen LogP contribution in [0.15, 0.2) is 42.6 Å². The zero-order valence-corrected chi connectivity index (χ0v) is 16.7. The summed E-state index contributed by atoms with van der Waals surface area (Å²) in [4.78, 5) is 11.7. The molecule has 0 amide bonds. The lowest BCUT2D eigenvalue weighted by Crippen LogP contribution is -2.66. The van der Waals surface area contributed by atoms with Gasteiger partial charge in [0.2, 0.25) is 0 Å². The summed E-state index contributed by atoms with van der Waals surface area (Å²) in [6, 6.07) is 12.2. The van der Waals surface area contributed by atoms with Gasteiger partial charge in [-0.05, 0) is 25.5 Å². The molecule has 2 fully saturated rings. The van der Waals surface area contributed by atoms with Crippen molar-refractivity contribution in [3.63, 3.8) is 0 Å². The van der Waals surface area contributed by atoms with Crippen LogP contribution in [0.25, 0.3) is 5.95 Å². The minimum absolute atomic E-state index is 0.296. The van der Waals surface area contributed by atoms with Gasteiger partial charge in [0.1, 0.15) is 12.0 Å². The molecule has 0 bridgehead atoms. The molecule has 0 aliphatic carbocycles. The topological polar surface area (TPSA) is 56.1 Å². The standard InChI is InChI=1S/C22H24FN5O/c1-15-3-5-17(6-4-15)9-18-10-20(27-11-22(12-27)13-29-14-22)25-21(24-18)28-8-7-19(26-28)16(2)23/h3-8,10,16H,9,11-14H2,1-2H3. The smallest absolute Gasteiger partial charge is 0.252 e. The first-order valence-corrected chi connectivity index (χ1v) is 9.96. The Balaban J connectivity index is 1.47. The monoisotopic (exact) mass is 393 g/mol. The Labute approximate surface area is 169 Å². The lowest BCUT2D eigenvalue weighted by Gasteiger charge is -2.55. The summed E-state index contributed by atoms with van der Waals surface area (Å²) in [5.74, 6) is 1.36. The average Bonchev–Trinajstić information content (AvgIpc) is 3.12. The van der Waals surface area contributed by atoms with Crippen LogP contribution >= 0.6 is 0 Å². The van der Waals surface area contributed by atoms with Crippen LogP contribution in [0.5, 0.6) is 0 Å². The molecule has 2 saturated heterocycles. The predicted molar refractivity (Wildman–Crippen MR) is 108 cm³/mol. The second kappa shape index (κ2) is 6.91. The number of alkyl halides is 1. The number of nitrogens with zero attached hydrogens (tertiary/aromatic N) is 5. The SMILES string of the molecule is Cc1ccc(Cc2cc(N3CC4(COC4)C3)nc(-n3ccc(C(C)F)n3)n2)cc1. The van der Waals surface area contributed by atoms with Gasteiger partial charge in [0.15, 0.2) is 0 Å². The zero-order valence-electron chi connectivity index (χ0n) is 16.7. The molecule has 1 unspecified atom stereocenters. The first kappa shape index (κ1) is 18.2. The van der Waals surface area contributed by atoms with E-state index in [2.05, 4.69) is 47.3 Å². The third kappa shape index (κ3) is 3.51. The molecule has 0 N–H and O–H groups in total. The van der Waals surface area contributed by atoms with E-state index in [1.54, 1.807) is 16.9 Å². The summed E-state index contributed by atoms with van der Waals surface area (Å²) in [7, 11) is 0. The third-order valence-corrected chi connectivity index (χ3v) is 5.67. The molecule has 3 aromatic rings. The van der Waals surface area contributed by atoms with Crippen molar-refractivity contribution < 1.29 is 9.13 Å². The molecule has 150 valence electrons. The van der Waals surface area contributed by atoms with E-state index in [1.165, 1.54) is 18.1 Å². The Morgan fingerprint density at radius 1 is 1.14 bits per heavy atom. The highest BCUT2D eigenvalue weighted by molar-refractivity contribution is 5.47. The number of benzene rings is 1. The van der Waals surface area contributed by atoms with E-state index in [0.717, 1.165) is 37.8 Å². The number of aryl methyl sites for hydroxylation is 1. The number of halogens is 1. The molecule has 1 aromatic carbocycles. The van der Waals surface area contributed by atoms with Crippen LogP contribution in [0.2, 0.25) is 0 Å². The summed E-state index contributed by atoms with van der Waals surface area (Å²) in [6.45, 7) is 7.10. The fraction of sp³-hybridized carbons (Fsp3) is 0.409. The molecule has 5 rings (SSSR count). The van der Waals surface area contributed by atoms with Crippen molar-refractivity contribution in [1.82, 2.24) is 19.7 Å².